The molecule has 0 atom stereocenters. The first-order valence-corrected chi connectivity index (χ1v) is 10.1. The lowest BCUT2D eigenvalue weighted by Crippen LogP contribution is -2.15. The number of aromatic amines is 1. The third-order valence-electron chi connectivity index (χ3n) is 5.08. The van der Waals surface area contributed by atoms with Crippen molar-refractivity contribution in [3.05, 3.63) is 65.7 Å². The van der Waals surface area contributed by atoms with Gasteiger partial charge in [-0.2, -0.15) is 10.1 Å². The van der Waals surface area contributed by atoms with Crippen LogP contribution in [0.4, 0.5) is 5.69 Å². The van der Waals surface area contributed by atoms with Crippen molar-refractivity contribution in [1.29, 1.82) is 0 Å². The smallest absolute Gasteiger partial charge is 0.274 e. The number of amides is 1. The monoisotopic (exact) mass is 444 g/mol. The van der Waals surface area contributed by atoms with Gasteiger partial charge in [0.1, 0.15) is 17.9 Å². The van der Waals surface area contributed by atoms with Crippen molar-refractivity contribution >= 4 is 17.2 Å². The number of methoxy groups -OCH3 is 1. The third kappa shape index (κ3) is 3.96. The number of nitrogens with one attached hydrogen (secondary N) is 2. The predicted molar refractivity (Wildman–Crippen MR) is 118 cm³/mol. The van der Waals surface area contributed by atoms with E-state index in [-0.39, 0.29) is 5.91 Å². The van der Waals surface area contributed by atoms with Gasteiger partial charge in [0.2, 0.25) is 11.7 Å². The Balaban J connectivity index is 1.45. The lowest BCUT2D eigenvalue weighted by molar-refractivity contribution is 0.102. The Labute approximate surface area is 187 Å². The SMILES string of the molecule is COCc1nc(-c2ccc3ncc(C(=O)Nc4cc(-c5noc(C)n5)ccc4C)n3c2)n[nH]1. The molecule has 11 nitrogen and oxygen atoms in total. The van der Waals surface area contributed by atoms with Crippen molar-refractivity contribution in [2.45, 2.75) is 20.5 Å². The normalized spacial score (nSPS) is 11.2. The molecule has 2 N–H and O–H groups in total. The van der Waals surface area contributed by atoms with Crippen LogP contribution in [0.15, 0.2) is 47.2 Å². The van der Waals surface area contributed by atoms with E-state index < -0.39 is 0 Å². The van der Waals surface area contributed by atoms with E-state index in [0.29, 0.717) is 47.0 Å². The molecular weight excluding hydrogens is 424 g/mol. The van der Waals surface area contributed by atoms with Gasteiger partial charge in [0.05, 0.1) is 6.20 Å². The van der Waals surface area contributed by atoms with Crippen LogP contribution in [0.2, 0.25) is 0 Å². The second-order valence-corrected chi connectivity index (χ2v) is 7.45. The van der Waals surface area contributed by atoms with E-state index in [4.69, 9.17) is 9.26 Å². The number of ether oxygens (including phenoxy) is 1. The highest BCUT2D eigenvalue weighted by Crippen LogP contribution is 2.24. The molecule has 0 aliphatic carbocycles. The number of rotatable bonds is 6. The summed E-state index contributed by atoms with van der Waals surface area (Å²) < 4.78 is 11.8. The van der Waals surface area contributed by atoms with Gasteiger partial charge in [0, 0.05) is 37.0 Å². The van der Waals surface area contributed by atoms with Crippen molar-refractivity contribution < 1.29 is 14.1 Å². The van der Waals surface area contributed by atoms with Gasteiger partial charge in [-0.3, -0.25) is 14.3 Å². The van der Waals surface area contributed by atoms with Crippen LogP contribution in [0.5, 0.6) is 0 Å². The number of benzene rings is 1. The van der Waals surface area contributed by atoms with Crippen LogP contribution in [-0.4, -0.2) is 47.7 Å². The van der Waals surface area contributed by atoms with E-state index >= 15 is 0 Å². The maximum atomic E-state index is 13.2. The molecular formula is C22H20N8O3. The number of hydrogen-bond donors (Lipinski definition) is 2. The number of imidazole rings is 1. The lowest BCUT2D eigenvalue weighted by atomic mass is 10.1. The first-order chi connectivity index (χ1) is 16.0. The Morgan fingerprint density at radius 2 is 2.00 bits per heavy atom. The minimum absolute atomic E-state index is 0.306. The van der Waals surface area contributed by atoms with E-state index in [1.54, 1.807) is 24.6 Å². The fraction of sp³-hybridized carbons (Fsp3) is 0.182. The Morgan fingerprint density at radius 3 is 2.79 bits per heavy atom. The van der Waals surface area contributed by atoms with E-state index in [2.05, 4.69) is 35.6 Å². The Hall–Kier alpha value is -4.38. The number of H-pyrrole nitrogens is 1. The lowest BCUT2D eigenvalue weighted by Gasteiger charge is -2.10. The van der Waals surface area contributed by atoms with Crippen LogP contribution >= 0.6 is 0 Å². The summed E-state index contributed by atoms with van der Waals surface area (Å²) in [4.78, 5) is 26.2. The summed E-state index contributed by atoms with van der Waals surface area (Å²) in [5.41, 5.74) is 4.02. The standard InChI is InChI=1S/C22H20N8O3/c1-12-4-5-14(21-24-13(2)33-29-21)8-16(12)25-22(31)17-9-23-19-7-6-15(10-30(17)19)20-26-18(11-32-3)27-28-20/h4-10H,11H2,1-3H3,(H,25,31)(H,26,27,28). The molecule has 11 heteroatoms. The Morgan fingerprint density at radius 1 is 1.15 bits per heavy atom. The van der Waals surface area contributed by atoms with Gasteiger partial charge in [0.15, 0.2) is 11.6 Å². The highest BCUT2D eigenvalue weighted by molar-refractivity contribution is 6.04. The average Bonchev–Trinajstić information content (AvgIpc) is 3.54. The molecule has 0 spiro atoms. The van der Waals surface area contributed by atoms with Crippen molar-refractivity contribution in [2.75, 3.05) is 12.4 Å². The number of nitrogens with zero attached hydrogens (tertiary/aromatic N) is 6. The van der Waals surface area contributed by atoms with Crippen LogP contribution in [0.25, 0.3) is 28.4 Å². The molecule has 33 heavy (non-hydrogen) atoms. The summed E-state index contributed by atoms with van der Waals surface area (Å²) >= 11 is 0. The minimum Gasteiger partial charge on any atom is -0.377 e. The first kappa shape index (κ1) is 20.5. The summed E-state index contributed by atoms with van der Waals surface area (Å²) in [5.74, 6) is 1.74. The van der Waals surface area contributed by atoms with Crippen LogP contribution in [0, 0.1) is 13.8 Å². The first-order valence-electron chi connectivity index (χ1n) is 10.1. The number of aryl methyl sites for hydroxylation is 2. The molecule has 5 aromatic rings. The number of aromatic nitrogens is 7. The van der Waals surface area contributed by atoms with Gasteiger partial charge < -0.3 is 14.6 Å². The van der Waals surface area contributed by atoms with Gasteiger partial charge in [-0.1, -0.05) is 17.3 Å². The Kier molecular flexibility index (Phi) is 5.15. The molecule has 1 aromatic carbocycles. The molecule has 4 heterocycles. The summed E-state index contributed by atoms with van der Waals surface area (Å²) in [6.07, 6.45) is 3.31. The molecule has 0 aliphatic heterocycles. The molecule has 0 bridgehead atoms. The number of carbonyl (C=O) groups excluding carboxylic acids is 1. The maximum Gasteiger partial charge on any atom is 0.274 e. The number of hydrogen-bond acceptors (Lipinski definition) is 8. The van der Waals surface area contributed by atoms with Crippen molar-refractivity contribution in [3.63, 3.8) is 0 Å². The van der Waals surface area contributed by atoms with Gasteiger partial charge in [-0.15, -0.1) is 0 Å². The molecule has 4 aromatic heterocycles. The molecule has 0 fully saturated rings. The van der Waals surface area contributed by atoms with Crippen LogP contribution < -0.4 is 5.32 Å². The van der Waals surface area contributed by atoms with E-state index in [9.17, 15) is 4.79 Å². The second-order valence-electron chi connectivity index (χ2n) is 7.45. The third-order valence-corrected chi connectivity index (χ3v) is 5.08. The minimum atomic E-state index is -0.306. The average molecular weight is 444 g/mol. The largest absolute Gasteiger partial charge is 0.377 e. The van der Waals surface area contributed by atoms with E-state index in [0.717, 1.165) is 16.7 Å². The molecule has 5 rings (SSSR count). The summed E-state index contributed by atoms with van der Waals surface area (Å²) in [7, 11) is 1.59. The number of pyridine rings is 1. The second kappa shape index (κ2) is 8.28. The fourth-order valence-electron chi connectivity index (χ4n) is 3.41. The van der Waals surface area contributed by atoms with E-state index in [1.165, 1.54) is 6.20 Å². The van der Waals surface area contributed by atoms with Crippen molar-refractivity contribution in [3.8, 4) is 22.8 Å². The highest BCUT2D eigenvalue weighted by Gasteiger charge is 2.16. The van der Waals surface area contributed by atoms with Gasteiger partial charge in [0.25, 0.3) is 5.91 Å². The molecule has 0 radical (unpaired) electrons. The molecule has 0 unspecified atom stereocenters. The van der Waals surface area contributed by atoms with Gasteiger partial charge >= 0.3 is 0 Å². The summed E-state index contributed by atoms with van der Waals surface area (Å²) in [6, 6.07) is 9.25. The topological polar surface area (TPSA) is 136 Å². The van der Waals surface area contributed by atoms with Crippen LogP contribution in [0.1, 0.15) is 27.8 Å². The molecule has 0 aliphatic rings. The summed E-state index contributed by atoms with van der Waals surface area (Å²) in [6.45, 7) is 3.97. The zero-order valence-electron chi connectivity index (χ0n) is 18.2. The van der Waals surface area contributed by atoms with Crippen LogP contribution in [-0.2, 0) is 11.3 Å². The number of carbonyl (C=O) groups is 1. The zero-order valence-corrected chi connectivity index (χ0v) is 18.2. The van der Waals surface area contributed by atoms with Gasteiger partial charge in [-0.25, -0.2) is 9.97 Å². The quantitative estimate of drug-likeness (QED) is 0.407. The van der Waals surface area contributed by atoms with E-state index in [1.807, 2.05) is 37.3 Å². The van der Waals surface area contributed by atoms with Crippen molar-refractivity contribution in [2.24, 2.45) is 0 Å². The molecule has 166 valence electrons. The van der Waals surface area contributed by atoms with Crippen LogP contribution in [0.3, 0.4) is 0 Å². The number of fused-ring (bicyclic) bond motifs is 1. The molecule has 0 saturated heterocycles. The fourth-order valence-corrected chi connectivity index (χ4v) is 3.41. The highest BCUT2D eigenvalue weighted by atomic mass is 16.5. The summed E-state index contributed by atoms with van der Waals surface area (Å²) in [5, 5.41) is 14.0. The molecule has 0 saturated carbocycles. The van der Waals surface area contributed by atoms with Gasteiger partial charge in [-0.05, 0) is 30.7 Å². The van der Waals surface area contributed by atoms with Crippen molar-refractivity contribution in [1.82, 2.24) is 34.7 Å². The Bertz CT molecular complexity index is 1470. The zero-order chi connectivity index (χ0) is 22.9. The predicted octanol–water partition coefficient (Wildman–Crippen LogP) is 3.18. The maximum absolute atomic E-state index is 13.2. The molecule has 1 amide bonds. The number of anilines is 1.